The third-order valence-corrected chi connectivity index (χ3v) is 3.72. The van der Waals surface area contributed by atoms with Crippen molar-refractivity contribution in [3.63, 3.8) is 0 Å². The molecule has 1 N–H and O–H groups in total. The van der Waals surface area contributed by atoms with E-state index < -0.39 is 24.3 Å². The number of aryl methyl sites for hydroxylation is 1. The quantitative estimate of drug-likeness (QED) is 0.810. The van der Waals surface area contributed by atoms with Gasteiger partial charge in [0.1, 0.15) is 5.82 Å². The molecule has 0 bridgehead atoms. The van der Waals surface area contributed by atoms with Crippen LogP contribution in [-0.2, 0) is 16.1 Å². The Morgan fingerprint density at radius 3 is 2.65 bits per heavy atom. The highest BCUT2D eigenvalue weighted by atomic mass is 79.9. The van der Waals surface area contributed by atoms with Crippen LogP contribution in [0.1, 0.15) is 21.5 Å². The first-order valence-corrected chi connectivity index (χ1v) is 7.70. The molecule has 0 spiro atoms. The van der Waals surface area contributed by atoms with E-state index in [1.54, 1.807) is 0 Å². The molecule has 0 aromatic heterocycles. The van der Waals surface area contributed by atoms with Crippen LogP contribution in [0.25, 0.3) is 0 Å². The number of nitrogens with one attached hydrogen (secondary N) is 1. The number of amides is 1. The first-order chi connectivity index (χ1) is 11.0. The zero-order valence-electron chi connectivity index (χ0n) is 12.4. The smallest absolute Gasteiger partial charge is 0.341 e. The largest absolute Gasteiger partial charge is 0.452 e. The van der Waals surface area contributed by atoms with Crippen LogP contribution in [0.15, 0.2) is 46.9 Å². The van der Waals surface area contributed by atoms with E-state index >= 15 is 0 Å². The maximum atomic E-state index is 13.6. The van der Waals surface area contributed by atoms with Gasteiger partial charge in [0.05, 0.1) is 5.56 Å². The van der Waals surface area contributed by atoms with Gasteiger partial charge in [0.15, 0.2) is 6.61 Å². The molecular weight excluding hydrogens is 365 g/mol. The molecule has 0 aliphatic rings. The van der Waals surface area contributed by atoms with Crippen LogP contribution in [0.5, 0.6) is 0 Å². The molecule has 0 atom stereocenters. The molecule has 0 unspecified atom stereocenters. The molecule has 2 rings (SSSR count). The Morgan fingerprint density at radius 2 is 1.96 bits per heavy atom. The molecule has 0 radical (unpaired) electrons. The highest BCUT2D eigenvalue weighted by molar-refractivity contribution is 9.10. The summed E-state index contributed by atoms with van der Waals surface area (Å²) in [5.74, 6) is -2.02. The minimum atomic E-state index is -0.874. The van der Waals surface area contributed by atoms with E-state index in [2.05, 4.69) is 21.2 Å². The summed E-state index contributed by atoms with van der Waals surface area (Å²) in [5, 5.41) is 2.65. The number of esters is 1. The van der Waals surface area contributed by atoms with Crippen LogP contribution in [0.2, 0.25) is 0 Å². The lowest BCUT2D eigenvalue weighted by Gasteiger charge is -2.09. The van der Waals surface area contributed by atoms with Crippen LogP contribution in [-0.4, -0.2) is 18.5 Å². The lowest BCUT2D eigenvalue weighted by molar-refractivity contribution is -0.124. The van der Waals surface area contributed by atoms with Gasteiger partial charge in [-0.05, 0) is 36.2 Å². The monoisotopic (exact) mass is 379 g/mol. The van der Waals surface area contributed by atoms with Crippen molar-refractivity contribution in [1.82, 2.24) is 5.32 Å². The number of carbonyl (C=O) groups is 2. The van der Waals surface area contributed by atoms with E-state index in [0.717, 1.165) is 17.2 Å². The van der Waals surface area contributed by atoms with Crippen LogP contribution in [0.4, 0.5) is 4.39 Å². The fourth-order valence-electron chi connectivity index (χ4n) is 1.92. The number of hydrogen-bond acceptors (Lipinski definition) is 3. The highest BCUT2D eigenvalue weighted by Crippen LogP contribution is 2.16. The highest BCUT2D eigenvalue weighted by Gasteiger charge is 2.15. The molecule has 0 fully saturated rings. The first-order valence-electron chi connectivity index (χ1n) is 6.91. The Morgan fingerprint density at radius 1 is 1.22 bits per heavy atom. The summed E-state index contributed by atoms with van der Waals surface area (Å²) in [6, 6.07) is 11.6. The number of ether oxygens (including phenoxy) is 1. The van der Waals surface area contributed by atoms with E-state index in [-0.39, 0.29) is 5.56 Å². The van der Waals surface area contributed by atoms with Crippen molar-refractivity contribution in [1.29, 1.82) is 0 Å². The zero-order valence-corrected chi connectivity index (χ0v) is 14.0. The molecule has 23 heavy (non-hydrogen) atoms. The molecule has 0 aliphatic heterocycles. The van der Waals surface area contributed by atoms with Crippen molar-refractivity contribution in [2.24, 2.45) is 0 Å². The Labute approximate surface area is 141 Å². The van der Waals surface area contributed by atoms with Crippen LogP contribution < -0.4 is 5.32 Å². The van der Waals surface area contributed by atoms with Gasteiger partial charge in [-0.3, -0.25) is 4.79 Å². The van der Waals surface area contributed by atoms with Gasteiger partial charge in [0, 0.05) is 11.0 Å². The minimum absolute atomic E-state index is 0.208. The van der Waals surface area contributed by atoms with E-state index in [1.165, 1.54) is 12.1 Å². The van der Waals surface area contributed by atoms with Gasteiger partial charge in [-0.25, -0.2) is 9.18 Å². The summed E-state index contributed by atoms with van der Waals surface area (Å²) in [6.45, 7) is 1.83. The second kappa shape index (κ2) is 7.87. The fraction of sp³-hybridized carbons (Fsp3) is 0.176. The van der Waals surface area contributed by atoms with Crippen LogP contribution >= 0.6 is 15.9 Å². The molecule has 0 saturated carbocycles. The minimum Gasteiger partial charge on any atom is -0.452 e. The third-order valence-electron chi connectivity index (χ3n) is 3.22. The van der Waals surface area contributed by atoms with Crippen LogP contribution in [0, 0.1) is 12.7 Å². The molecule has 6 heteroatoms. The second-order valence-corrected chi connectivity index (χ2v) is 5.82. The Bertz CT molecular complexity index is 734. The Balaban J connectivity index is 1.84. The van der Waals surface area contributed by atoms with E-state index in [1.807, 2.05) is 31.2 Å². The lowest BCUT2D eigenvalue weighted by Crippen LogP contribution is -2.28. The Kier molecular flexibility index (Phi) is 5.87. The van der Waals surface area contributed by atoms with Crippen molar-refractivity contribution in [2.75, 3.05) is 6.61 Å². The molecular formula is C17H15BrFNO3. The van der Waals surface area contributed by atoms with Crippen molar-refractivity contribution in [3.05, 3.63) is 69.4 Å². The van der Waals surface area contributed by atoms with Gasteiger partial charge < -0.3 is 10.1 Å². The number of hydrogen-bond donors (Lipinski definition) is 1. The van der Waals surface area contributed by atoms with Gasteiger partial charge in [-0.1, -0.05) is 40.2 Å². The molecule has 0 saturated heterocycles. The summed E-state index contributed by atoms with van der Waals surface area (Å²) < 4.78 is 18.9. The molecule has 0 aliphatic carbocycles. The SMILES string of the molecule is Cc1ccccc1CNC(=O)COC(=O)c1ccc(Br)cc1F. The van der Waals surface area contributed by atoms with Crippen molar-refractivity contribution in [3.8, 4) is 0 Å². The molecule has 2 aromatic carbocycles. The molecule has 2 aromatic rings. The van der Waals surface area contributed by atoms with E-state index in [0.29, 0.717) is 11.0 Å². The van der Waals surface area contributed by atoms with Crippen LogP contribution in [0.3, 0.4) is 0 Å². The summed E-state index contributed by atoms with van der Waals surface area (Å²) >= 11 is 3.10. The van der Waals surface area contributed by atoms with E-state index in [9.17, 15) is 14.0 Å². The lowest BCUT2D eigenvalue weighted by atomic mass is 10.1. The average molecular weight is 380 g/mol. The predicted molar refractivity (Wildman–Crippen MR) is 87.4 cm³/mol. The van der Waals surface area contributed by atoms with Gasteiger partial charge in [0.2, 0.25) is 0 Å². The normalized spacial score (nSPS) is 10.2. The zero-order chi connectivity index (χ0) is 16.8. The molecule has 4 nitrogen and oxygen atoms in total. The van der Waals surface area contributed by atoms with Gasteiger partial charge in [-0.15, -0.1) is 0 Å². The number of rotatable bonds is 5. The van der Waals surface area contributed by atoms with E-state index in [4.69, 9.17) is 4.74 Å². The summed E-state index contributed by atoms with van der Waals surface area (Å²) in [6.07, 6.45) is 0. The summed E-state index contributed by atoms with van der Waals surface area (Å²) in [4.78, 5) is 23.5. The topological polar surface area (TPSA) is 55.4 Å². The Hall–Kier alpha value is -2.21. The second-order valence-electron chi connectivity index (χ2n) is 4.90. The summed E-state index contributed by atoms with van der Waals surface area (Å²) in [5.41, 5.74) is 1.83. The maximum Gasteiger partial charge on any atom is 0.341 e. The number of carbonyl (C=O) groups excluding carboxylic acids is 2. The maximum absolute atomic E-state index is 13.6. The first kappa shape index (κ1) is 17.1. The molecule has 1 amide bonds. The van der Waals surface area contributed by atoms with Gasteiger partial charge in [-0.2, -0.15) is 0 Å². The molecule has 0 heterocycles. The average Bonchev–Trinajstić information content (AvgIpc) is 2.52. The van der Waals surface area contributed by atoms with Crippen molar-refractivity contribution < 1.29 is 18.7 Å². The number of benzene rings is 2. The van der Waals surface area contributed by atoms with Gasteiger partial charge in [0.25, 0.3) is 5.91 Å². The van der Waals surface area contributed by atoms with Crippen molar-refractivity contribution >= 4 is 27.8 Å². The fourth-order valence-corrected chi connectivity index (χ4v) is 2.25. The third kappa shape index (κ3) is 4.89. The molecule has 120 valence electrons. The summed E-state index contributed by atoms with van der Waals surface area (Å²) in [7, 11) is 0. The standard InChI is InChI=1S/C17H15BrFNO3/c1-11-4-2-3-5-12(11)9-20-16(21)10-23-17(22)14-7-6-13(18)8-15(14)19/h2-8H,9-10H2,1H3,(H,20,21). The predicted octanol–water partition coefficient (Wildman–Crippen LogP) is 3.37. The van der Waals surface area contributed by atoms with Gasteiger partial charge >= 0.3 is 5.97 Å². The van der Waals surface area contributed by atoms with Crippen molar-refractivity contribution in [2.45, 2.75) is 13.5 Å². The number of halogens is 2.